The molecule has 0 saturated heterocycles. The SMILES string of the molecule is O=C(NCCCCCCNC(=O)c1ccc(-c2c3cc(F)c(=O)cc-3oc3cc(O)c(F)cc23)c(C(=O)O)c1)c1ccc(N=C(c2ccccc2)c2c(O)[nH]c3cc(Br)ccc23)cc1. The number of fused-ring (bicyclic) bond motifs is 3. The fourth-order valence-electron chi connectivity index (χ4n) is 7.56. The summed E-state index contributed by atoms with van der Waals surface area (Å²) in [6, 6.07) is 29.6. The zero-order chi connectivity index (χ0) is 45.1. The summed E-state index contributed by atoms with van der Waals surface area (Å²) in [7, 11) is 0. The first-order valence-electron chi connectivity index (χ1n) is 20.1. The number of carbonyl (C=O) groups excluding carboxylic acids is 2. The quantitative estimate of drug-likeness (QED) is 0.0352. The Labute approximate surface area is 371 Å². The molecule has 15 heteroatoms. The van der Waals surface area contributed by atoms with Gasteiger partial charge in [-0.15, -0.1) is 0 Å². The molecule has 0 spiro atoms. The number of hydrogen-bond acceptors (Lipinski definition) is 8. The number of phenols is 1. The average Bonchev–Trinajstić information content (AvgIpc) is 3.61. The van der Waals surface area contributed by atoms with Crippen LogP contribution in [0.4, 0.5) is 14.5 Å². The van der Waals surface area contributed by atoms with Crippen molar-refractivity contribution in [3.05, 3.63) is 169 Å². The number of unbranched alkanes of at least 4 members (excludes halogenated alkanes) is 3. The monoisotopic (exact) mass is 926 g/mol. The van der Waals surface area contributed by atoms with Crippen LogP contribution in [-0.4, -0.2) is 56.9 Å². The van der Waals surface area contributed by atoms with Crippen LogP contribution in [0.25, 0.3) is 44.3 Å². The van der Waals surface area contributed by atoms with E-state index in [-0.39, 0.29) is 56.3 Å². The number of nitrogens with one attached hydrogen (secondary N) is 3. The predicted molar refractivity (Wildman–Crippen MR) is 242 cm³/mol. The van der Waals surface area contributed by atoms with Gasteiger partial charge in [-0.05, 0) is 79.1 Å². The fraction of sp³-hybridized carbons (Fsp3) is 0.122. The number of benzene rings is 6. The van der Waals surface area contributed by atoms with Crippen molar-refractivity contribution < 1.29 is 42.9 Å². The number of carboxylic acids is 1. The van der Waals surface area contributed by atoms with Crippen LogP contribution in [0.15, 0.2) is 134 Å². The summed E-state index contributed by atoms with van der Waals surface area (Å²) >= 11 is 3.47. The molecule has 2 aliphatic rings. The number of phenolic OH excluding ortho intramolecular Hbond substituents is 1. The van der Waals surface area contributed by atoms with Crippen molar-refractivity contribution in [3.8, 4) is 34.1 Å². The topological polar surface area (TPSA) is 194 Å². The highest BCUT2D eigenvalue weighted by Gasteiger charge is 2.25. The van der Waals surface area contributed by atoms with Gasteiger partial charge in [0.15, 0.2) is 23.3 Å². The molecule has 0 radical (unpaired) electrons. The van der Waals surface area contributed by atoms with Crippen LogP contribution in [0.3, 0.4) is 0 Å². The van der Waals surface area contributed by atoms with Crippen molar-refractivity contribution in [3.63, 3.8) is 0 Å². The maximum Gasteiger partial charge on any atom is 0.336 e. The van der Waals surface area contributed by atoms with Gasteiger partial charge in [0.1, 0.15) is 11.3 Å². The van der Waals surface area contributed by atoms with Gasteiger partial charge in [0, 0.05) is 68.3 Å². The van der Waals surface area contributed by atoms with Crippen molar-refractivity contribution >= 4 is 67.0 Å². The summed E-state index contributed by atoms with van der Waals surface area (Å²) in [6.45, 7) is 0.727. The van der Waals surface area contributed by atoms with E-state index in [0.717, 1.165) is 64.1 Å². The molecule has 6 N–H and O–H groups in total. The van der Waals surface area contributed by atoms with Crippen LogP contribution < -0.4 is 16.1 Å². The van der Waals surface area contributed by atoms with Gasteiger partial charge in [0.2, 0.25) is 5.43 Å². The standard InChI is InChI=1S/C49H37BrF2N4O8/c50-29-13-17-32-38(21-29)56-48(61)44(32)45(26-8-4-3-5-9-26)55-30-14-10-27(11-15-30)46(59)53-18-6-1-2-7-19-54-47(60)28-12-16-31(33(20-28)49(62)63)43-34-22-36(51)39(57)24-41(34)64-42-25-40(58)37(52)23-35(42)43/h3-5,8-17,20-25,56-57,61H,1-2,6-7,18-19H2,(H,53,59)(H,54,60)(H,62,63). The van der Waals surface area contributed by atoms with Gasteiger partial charge in [-0.2, -0.15) is 0 Å². The Hall–Kier alpha value is -7.65. The molecule has 12 nitrogen and oxygen atoms in total. The summed E-state index contributed by atoms with van der Waals surface area (Å²) in [4.78, 5) is 58.6. The number of halogens is 3. The third-order valence-corrected chi connectivity index (χ3v) is 11.2. The van der Waals surface area contributed by atoms with Crippen LogP contribution >= 0.6 is 15.9 Å². The third-order valence-electron chi connectivity index (χ3n) is 10.7. The Balaban J connectivity index is 0.851. The first-order chi connectivity index (χ1) is 30.9. The molecule has 322 valence electrons. The number of amides is 2. The molecule has 1 aromatic heterocycles. The Morgan fingerprint density at radius 3 is 2.09 bits per heavy atom. The van der Waals surface area contributed by atoms with Crippen molar-refractivity contribution in [1.82, 2.24) is 15.6 Å². The Morgan fingerprint density at radius 1 is 0.703 bits per heavy atom. The lowest BCUT2D eigenvalue weighted by molar-refractivity contribution is 0.0697. The smallest absolute Gasteiger partial charge is 0.336 e. The molecule has 2 heterocycles. The minimum Gasteiger partial charge on any atom is -0.505 e. The molecule has 1 aliphatic carbocycles. The van der Waals surface area contributed by atoms with Crippen molar-refractivity contribution in [1.29, 1.82) is 0 Å². The summed E-state index contributed by atoms with van der Waals surface area (Å²) in [5.74, 6) is -5.24. The molecule has 5 aromatic carbocycles. The van der Waals surface area contributed by atoms with Crippen LogP contribution in [0.1, 0.15) is 67.9 Å². The number of rotatable bonds is 14. The lowest BCUT2D eigenvalue weighted by atomic mass is 9.89. The van der Waals surface area contributed by atoms with Gasteiger partial charge >= 0.3 is 5.97 Å². The molecule has 6 aromatic rings. The summed E-state index contributed by atoms with van der Waals surface area (Å²) in [5.41, 5.74) is 2.39. The van der Waals surface area contributed by atoms with Crippen LogP contribution in [-0.2, 0) is 0 Å². The molecule has 0 fully saturated rings. The molecule has 0 saturated carbocycles. The Kier molecular flexibility index (Phi) is 12.3. The molecule has 1 aliphatic heterocycles. The minimum absolute atomic E-state index is 0.00165. The first kappa shape index (κ1) is 43.0. The number of aromatic amines is 1. The van der Waals surface area contributed by atoms with Gasteiger partial charge in [-0.1, -0.05) is 71.2 Å². The number of hydrogen-bond donors (Lipinski definition) is 6. The molecule has 2 amide bonds. The number of nitrogens with zero attached hydrogens (tertiary/aromatic N) is 1. The van der Waals surface area contributed by atoms with Crippen LogP contribution in [0.5, 0.6) is 11.6 Å². The van der Waals surface area contributed by atoms with Gasteiger partial charge in [0.25, 0.3) is 11.8 Å². The van der Waals surface area contributed by atoms with Gasteiger partial charge in [-0.3, -0.25) is 14.4 Å². The number of aliphatic imine (C=N–C) groups is 1. The van der Waals surface area contributed by atoms with E-state index in [1.165, 1.54) is 12.1 Å². The lowest BCUT2D eigenvalue weighted by Gasteiger charge is -2.17. The van der Waals surface area contributed by atoms with E-state index < -0.39 is 34.7 Å². The molecule has 8 rings (SSSR count). The highest BCUT2D eigenvalue weighted by molar-refractivity contribution is 9.10. The number of aromatic nitrogens is 1. The summed E-state index contributed by atoms with van der Waals surface area (Å²) < 4.78 is 35.7. The third kappa shape index (κ3) is 8.97. The van der Waals surface area contributed by atoms with Crippen LogP contribution in [0.2, 0.25) is 0 Å². The van der Waals surface area contributed by atoms with Gasteiger partial charge < -0.3 is 35.4 Å². The number of carboxylic acid groups (broad SMARTS) is 1. The Morgan fingerprint density at radius 2 is 1.39 bits per heavy atom. The molecule has 0 atom stereocenters. The van der Waals surface area contributed by atoms with Crippen LogP contribution in [0, 0.1) is 11.6 Å². The zero-order valence-electron chi connectivity index (χ0n) is 33.7. The first-order valence-corrected chi connectivity index (χ1v) is 20.9. The van der Waals surface area contributed by atoms with E-state index >= 15 is 0 Å². The van der Waals surface area contributed by atoms with Crippen molar-refractivity contribution in [2.45, 2.75) is 25.7 Å². The van der Waals surface area contributed by atoms with Crippen molar-refractivity contribution in [2.24, 2.45) is 4.99 Å². The van der Waals surface area contributed by atoms with E-state index in [1.807, 2.05) is 48.5 Å². The summed E-state index contributed by atoms with van der Waals surface area (Å²) in [5, 5.41) is 37.6. The van der Waals surface area contributed by atoms with E-state index in [9.17, 15) is 43.3 Å². The average molecular weight is 928 g/mol. The van der Waals surface area contributed by atoms with E-state index in [0.29, 0.717) is 48.5 Å². The minimum atomic E-state index is -1.42. The number of aromatic hydroxyl groups is 2. The predicted octanol–water partition coefficient (Wildman–Crippen LogP) is 10.1. The number of carbonyl (C=O) groups is 3. The Bertz CT molecular complexity index is 3170. The maximum absolute atomic E-state index is 14.6. The van der Waals surface area contributed by atoms with Gasteiger partial charge in [-0.25, -0.2) is 18.6 Å². The van der Waals surface area contributed by atoms with E-state index in [1.54, 1.807) is 24.3 Å². The highest BCUT2D eigenvalue weighted by atomic mass is 79.9. The fourth-order valence-corrected chi connectivity index (χ4v) is 7.92. The second-order valence-corrected chi connectivity index (χ2v) is 15.9. The zero-order valence-corrected chi connectivity index (χ0v) is 35.3. The highest BCUT2D eigenvalue weighted by Crippen LogP contribution is 2.43. The summed E-state index contributed by atoms with van der Waals surface area (Å²) in [6.07, 6.45) is 2.81. The normalized spacial score (nSPS) is 11.6. The van der Waals surface area contributed by atoms with E-state index in [2.05, 4.69) is 31.5 Å². The second-order valence-electron chi connectivity index (χ2n) is 15.0. The lowest BCUT2D eigenvalue weighted by Crippen LogP contribution is -2.25. The second kappa shape index (κ2) is 18.4. The maximum atomic E-state index is 14.6. The molecular weight excluding hydrogens is 890 g/mol. The van der Waals surface area contributed by atoms with Crippen molar-refractivity contribution in [2.75, 3.05) is 13.1 Å². The molecule has 0 bridgehead atoms. The molecular formula is C49H37BrF2N4O8. The van der Waals surface area contributed by atoms with Gasteiger partial charge in [0.05, 0.1) is 28.0 Å². The molecule has 0 unspecified atom stereocenters. The largest absolute Gasteiger partial charge is 0.505 e. The number of H-pyrrole nitrogens is 1. The number of aromatic carboxylic acids is 1. The van der Waals surface area contributed by atoms with E-state index in [4.69, 9.17) is 9.41 Å². The molecule has 64 heavy (non-hydrogen) atoms.